The van der Waals surface area contributed by atoms with Gasteiger partial charge in [-0.25, -0.2) is 0 Å². The molecule has 2 aliphatic carbocycles. The van der Waals surface area contributed by atoms with Crippen LogP contribution in [0.4, 0.5) is 0 Å². The summed E-state index contributed by atoms with van der Waals surface area (Å²) in [6.45, 7) is 4.68. The van der Waals surface area contributed by atoms with Crippen molar-refractivity contribution in [2.75, 3.05) is 0 Å². The number of carbonyl (C=O) groups excluding carboxylic acids is 1. The molecule has 2 heteroatoms. The number of ether oxygens (including phenoxy) is 1. The van der Waals surface area contributed by atoms with Crippen LogP contribution in [0.2, 0.25) is 0 Å². The zero-order chi connectivity index (χ0) is 19.8. The van der Waals surface area contributed by atoms with Gasteiger partial charge in [0, 0.05) is 0 Å². The highest BCUT2D eigenvalue weighted by molar-refractivity contribution is 5.75. The fraction of sp³-hybridized carbons (Fsp3) is 0.731. The van der Waals surface area contributed by atoms with E-state index in [0.29, 0.717) is 5.92 Å². The molecule has 1 aromatic carbocycles. The molecule has 2 fully saturated rings. The molecule has 0 saturated heterocycles. The molecule has 0 aliphatic heterocycles. The highest BCUT2D eigenvalue weighted by atomic mass is 16.5. The van der Waals surface area contributed by atoms with E-state index in [2.05, 4.69) is 26.0 Å². The number of hydrogen-bond acceptors (Lipinski definition) is 2. The van der Waals surface area contributed by atoms with Crippen LogP contribution in [-0.2, 0) is 4.79 Å². The zero-order valence-electron chi connectivity index (χ0n) is 18.1. The number of carbonyl (C=O) groups is 1. The van der Waals surface area contributed by atoms with Gasteiger partial charge in [0.25, 0.3) is 0 Å². The lowest BCUT2D eigenvalue weighted by molar-refractivity contribution is -0.140. The van der Waals surface area contributed by atoms with E-state index < -0.39 is 0 Å². The monoisotopic (exact) mass is 384 g/mol. The van der Waals surface area contributed by atoms with Gasteiger partial charge in [-0.1, -0.05) is 70.9 Å². The molecule has 156 valence electrons. The predicted molar refractivity (Wildman–Crippen MR) is 117 cm³/mol. The first kappa shape index (κ1) is 21.4. The van der Waals surface area contributed by atoms with Crippen molar-refractivity contribution in [2.45, 2.75) is 103 Å². The molecule has 0 aromatic heterocycles. The zero-order valence-corrected chi connectivity index (χ0v) is 18.1. The van der Waals surface area contributed by atoms with E-state index in [9.17, 15) is 4.79 Å². The highest BCUT2D eigenvalue weighted by Gasteiger charge is 2.30. The molecule has 28 heavy (non-hydrogen) atoms. The molecule has 1 atom stereocenters. The van der Waals surface area contributed by atoms with Crippen molar-refractivity contribution in [3.8, 4) is 5.75 Å². The summed E-state index contributed by atoms with van der Waals surface area (Å²) in [5.41, 5.74) is 1.41. The lowest BCUT2D eigenvalue weighted by Crippen LogP contribution is -2.27. The Morgan fingerprint density at radius 1 is 0.964 bits per heavy atom. The summed E-state index contributed by atoms with van der Waals surface area (Å²) < 4.78 is 5.73. The molecule has 3 rings (SSSR count). The first-order valence-corrected chi connectivity index (χ1v) is 12.0. The van der Waals surface area contributed by atoms with E-state index in [1.54, 1.807) is 0 Å². The molecule has 0 amide bonds. The summed E-state index contributed by atoms with van der Waals surface area (Å²) in [5, 5.41) is 0. The van der Waals surface area contributed by atoms with E-state index >= 15 is 0 Å². The highest BCUT2D eigenvalue weighted by Crippen LogP contribution is 2.37. The van der Waals surface area contributed by atoms with Crippen LogP contribution in [0.1, 0.15) is 109 Å². The maximum Gasteiger partial charge on any atom is 0.314 e. The lowest BCUT2D eigenvalue weighted by atomic mass is 9.75. The minimum Gasteiger partial charge on any atom is -0.426 e. The quantitative estimate of drug-likeness (QED) is 0.261. The normalized spacial score (nSPS) is 24.6. The Bertz CT molecular complexity index is 577. The van der Waals surface area contributed by atoms with Gasteiger partial charge in [-0.15, -0.1) is 0 Å². The molecular weight excluding hydrogens is 344 g/mol. The van der Waals surface area contributed by atoms with Crippen molar-refractivity contribution in [3.05, 3.63) is 29.8 Å². The van der Waals surface area contributed by atoms with Crippen molar-refractivity contribution < 1.29 is 9.53 Å². The molecule has 2 aliphatic rings. The van der Waals surface area contributed by atoms with E-state index in [4.69, 9.17) is 4.74 Å². The number of benzene rings is 1. The number of hydrogen-bond donors (Lipinski definition) is 0. The second kappa shape index (κ2) is 11.0. The average molecular weight is 385 g/mol. The number of rotatable bonds is 8. The number of unbranched alkanes of at least 4 members (excludes halogenated alkanes) is 2. The van der Waals surface area contributed by atoms with Gasteiger partial charge in [0.05, 0.1) is 5.92 Å². The van der Waals surface area contributed by atoms with Crippen molar-refractivity contribution >= 4 is 5.97 Å². The van der Waals surface area contributed by atoms with Gasteiger partial charge >= 0.3 is 5.97 Å². The van der Waals surface area contributed by atoms with Crippen LogP contribution in [0.5, 0.6) is 5.75 Å². The first-order chi connectivity index (χ1) is 13.7. The molecule has 1 aromatic rings. The molecule has 0 spiro atoms. The fourth-order valence-electron chi connectivity index (χ4n) is 5.32. The smallest absolute Gasteiger partial charge is 0.314 e. The van der Waals surface area contributed by atoms with Crippen LogP contribution in [-0.4, -0.2) is 5.97 Å². The van der Waals surface area contributed by atoms with Gasteiger partial charge in [0.1, 0.15) is 5.75 Å². The minimum absolute atomic E-state index is 0.0116. The fourth-order valence-corrected chi connectivity index (χ4v) is 5.32. The van der Waals surface area contributed by atoms with Crippen molar-refractivity contribution in [1.82, 2.24) is 0 Å². The van der Waals surface area contributed by atoms with E-state index in [1.165, 1.54) is 76.2 Å². The van der Waals surface area contributed by atoms with E-state index in [1.807, 2.05) is 12.1 Å². The Morgan fingerprint density at radius 2 is 1.64 bits per heavy atom. The first-order valence-electron chi connectivity index (χ1n) is 12.0. The molecule has 2 saturated carbocycles. The molecular formula is C26H40O2. The Balaban J connectivity index is 1.42. The SMILES string of the molecule is CCCCCC(C)C1CCC(C(=O)Oc2ccc(C3CCCCC3)cc2)CC1. The standard InChI is InChI=1S/C26H40O2/c1-3-4-6-9-20(2)21-12-14-24(15-13-21)26(27)28-25-18-16-23(17-19-25)22-10-7-5-8-11-22/h16-22,24H,3-15H2,1-2H3. The molecule has 0 bridgehead atoms. The summed E-state index contributed by atoms with van der Waals surface area (Å²) >= 11 is 0. The number of esters is 1. The third-order valence-electron chi connectivity index (χ3n) is 7.35. The van der Waals surface area contributed by atoms with Crippen LogP contribution in [0, 0.1) is 17.8 Å². The third kappa shape index (κ3) is 6.09. The second-order valence-electron chi connectivity index (χ2n) is 9.41. The van der Waals surface area contributed by atoms with Crippen molar-refractivity contribution in [2.24, 2.45) is 17.8 Å². The Labute approximate surface area is 172 Å². The molecule has 2 nitrogen and oxygen atoms in total. The second-order valence-corrected chi connectivity index (χ2v) is 9.41. The largest absolute Gasteiger partial charge is 0.426 e. The Kier molecular flexibility index (Phi) is 8.43. The summed E-state index contributed by atoms with van der Waals surface area (Å²) in [6, 6.07) is 8.35. The minimum atomic E-state index is -0.0116. The maximum absolute atomic E-state index is 12.6. The lowest BCUT2D eigenvalue weighted by Gasteiger charge is -2.31. The van der Waals surface area contributed by atoms with E-state index in [-0.39, 0.29) is 11.9 Å². The Hall–Kier alpha value is -1.31. The third-order valence-corrected chi connectivity index (χ3v) is 7.35. The summed E-state index contributed by atoms with van der Waals surface area (Å²) in [7, 11) is 0. The maximum atomic E-state index is 12.6. The predicted octanol–water partition coefficient (Wildman–Crippen LogP) is 7.66. The van der Waals surface area contributed by atoms with E-state index in [0.717, 1.165) is 30.4 Å². The summed E-state index contributed by atoms with van der Waals surface area (Å²) in [6.07, 6.45) is 16.4. The van der Waals surface area contributed by atoms with Crippen molar-refractivity contribution in [1.29, 1.82) is 0 Å². The average Bonchev–Trinajstić information content (AvgIpc) is 2.75. The van der Waals surface area contributed by atoms with Crippen LogP contribution in [0.3, 0.4) is 0 Å². The van der Waals surface area contributed by atoms with Gasteiger partial charge in [0.15, 0.2) is 0 Å². The van der Waals surface area contributed by atoms with Crippen LogP contribution in [0.25, 0.3) is 0 Å². The van der Waals surface area contributed by atoms with Crippen LogP contribution >= 0.6 is 0 Å². The summed E-state index contributed by atoms with van der Waals surface area (Å²) in [4.78, 5) is 12.6. The van der Waals surface area contributed by atoms with Gasteiger partial charge in [-0.3, -0.25) is 4.79 Å². The van der Waals surface area contributed by atoms with Crippen LogP contribution in [0.15, 0.2) is 24.3 Å². The van der Waals surface area contributed by atoms with Crippen molar-refractivity contribution in [3.63, 3.8) is 0 Å². The van der Waals surface area contributed by atoms with Crippen LogP contribution < -0.4 is 4.74 Å². The molecule has 0 heterocycles. The molecule has 0 radical (unpaired) electrons. The van der Waals surface area contributed by atoms with Gasteiger partial charge in [-0.2, -0.15) is 0 Å². The Morgan fingerprint density at radius 3 is 2.29 bits per heavy atom. The molecule has 0 N–H and O–H groups in total. The molecule has 1 unspecified atom stereocenters. The summed E-state index contributed by atoms with van der Waals surface area (Å²) in [5.74, 6) is 3.11. The van der Waals surface area contributed by atoms with Gasteiger partial charge in [0.2, 0.25) is 0 Å². The van der Waals surface area contributed by atoms with Gasteiger partial charge in [-0.05, 0) is 74.0 Å². The van der Waals surface area contributed by atoms with Gasteiger partial charge < -0.3 is 4.74 Å². The topological polar surface area (TPSA) is 26.3 Å².